The van der Waals surface area contributed by atoms with Crippen LogP contribution < -0.4 is 5.73 Å². The Morgan fingerprint density at radius 3 is 2.52 bits per heavy atom. The molecular formula is C23H28FNO2. The Morgan fingerprint density at radius 2 is 1.93 bits per heavy atom. The van der Waals surface area contributed by atoms with Gasteiger partial charge in [-0.25, -0.2) is 9.18 Å². The molecule has 2 aromatic rings. The lowest BCUT2D eigenvalue weighted by Crippen LogP contribution is -2.33. The first-order valence-corrected chi connectivity index (χ1v) is 9.55. The fourth-order valence-corrected chi connectivity index (χ4v) is 3.96. The van der Waals surface area contributed by atoms with Crippen LogP contribution in [0.1, 0.15) is 56.9 Å². The number of fused-ring (bicyclic) bond motifs is 1. The average molecular weight is 369 g/mol. The number of carbonyl (C=O) groups excluding carboxylic acids is 1. The van der Waals surface area contributed by atoms with Gasteiger partial charge in [0.25, 0.3) is 0 Å². The standard InChI is InChI=1S/C23H28FNO2/c1-14(2)11-15-5-7-16(8-6-15)18-12-17-9-10-23(3,4)21(27-22(25)26)19(17)13-20(18)24/h5-8,12-14,21H,9-11H2,1-4H3,(H2,25,26)/t21-/m0/s1. The smallest absolute Gasteiger partial charge is 0.405 e. The summed E-state index contributed by atoms with van der Waals surface area (Å²) in [4.78, 5) is 11.4. The number of hydrogen-bond acceptors (Lipinski definition) is 2. The summed E-state index contributed by atoms with van der Waals surface area (Å²) in [7, 11) is 0. The van der Waals surface area contributed by atoms with Crippen molar-refractivity contribution in [3.05, 3.63) is 58.9 Å². The van der Waals surface area contributed by atoms with Crippen molar-refractivity contribution in [2.75, 3.05) is 0 Å². The van der Waals surface area contributed by atoms with Gasteiger partial charge in [0.2, 0.25) is 0 Å². The number of hydrogen-bond donors (Lipinski definition) is 1. The first-order chi connectivity index (χ1) is 12.7. The van der Waals surface area contributed by atoms with Gasteiger partial charge in [0.15, 0.2) is 0 Å². The summed E-state index contributed by atoms with van der Waals surface area (Å²) in [6.45, 7) is 8.40. The minimum absolute atomic E-state index is 0.283. The van der Waals surface area contributed by atoms with Gasteiger partial charge in [-0.15, -0.1) is 0 Å². The summed E-state index contributed by atoms with van der Waals surface area (Å²) in [5, 5.41) is 0. The molecular weight excluding hydrogens is 341 g/mol. The van der Waals surface area contributed by atoms with E-state index in [1.165, 1.54) is 11.6 Å². The van der Waals surface area contributed by atoms with Crippen LogP contribution in [0.3, 0.4) is 0 Å². The summed E-state index contributed by atoms with van der Waals surface area (Å²) in [6.07, 6.45) is 1.31. The number of benzene rings is 2. The van der Waals surface area contributed by atoms with E-state index >= 15 is 0 Å². The normalized spacial score (nSPS) is 18.2. The molecule has 1 amide bonds. The third-order valence-electron chi connectivity index (χ3n) is 5.40. The molecule has 3 nitrogen and oxygen atoms in total. The van der Waals surface area contributed by atoms with Gasteiger partial charge < -0.3 is 10.5 Å². The monoisotopic (exact) mass is 369 g/mol. The molecule has 27 heavy (non-hydrogen) atoms. The van der Waals surface area contributed by atoms with Crippen molar-refractivity contribution >= 4 is 6.09 Å². The highest BCUT2D eigenvalue weighted by Crippen LogP contribution is 2.47. The van der Waals surface area contributed by atoms with Crippen molar-refractivity contribution in [1.29, 1.82) is 0 Å². The van der Waals surface area contributed by atoms with E-state index < -0.39 is 12.2 Å². The zero-order chi connectivity index (χ0) is 19.8. The molecule has 0 fully saturated rings. The molecule has 4 heteroatoms. The van der Waals surface area contributed by atoms with Gasteiger partial charge in [0, 0.05) is 11.0 Å². The third kappa shape index (κ3) is 4.15. The van der Waals surface area contributed by atoms with Crippen molar-refractivity contribution in [3.8, 4) is 11.1 Å². The molecule has 0 spiro atoms. The summed E-state index contributed by atoms with van der Waals surface area (Å²) < 4.78 is 20.3. The van der Waals surface area contributed by atoms with Crippen LogP contribution in [0.4, 0.5) is 9.18 Å². The Bertz CT molecular complexity index is 840. The Morgan fingerprint density at radius 1 is 1.26 bits per heavy atom. The van der Waals surface area contributed by atoms with Gasteiger partial charge in [0.1, 0.15) is 11.9 Å². The minimum Gasteiger partial charge on any atom is -0.441 e. The zero-order valence-corrected chi connectivity index (χ0v) is 16.5. The Kier molecular flexibility index (Phi) is 5.27. The molecule has 0 radical (unpaired) electrons. The van der Waals surface area contributed by atoms with E-state index in [1.807, 2.05) is 32.0 Å². The van der Waals surface area contributed by atoms with Crippen LogP contribution in [0.25, 0.3) is 11.1 Å². The number of carbonyl (C=O) groups is 1. The third-order valence-corrected chi connectivity index (χ3v) is 5.40. The lowest BCUT2D eigenvalue weighted by Gasteiger charge is -2.39. The molecule has 0 saturated heterocycles. The zero-order valence-electron chi connectivity index (χ0n) is 16.5. The van der Waals surface area contributed by atoms with Crippen molar-refractivity contribution in [1.82, 2.24) is 0 Å². The van der Waals surface area contributed by atoms with Crippen molar-refractivity contribution < 1.29 is 13.9 Å². The van der Waals surface area contributed by atoms with Crippen LogP contribution >= 0.6 is 0 Å². The predicted octanol–water partition coefficient (Wildman–Crippen LogP) is 5.80. The molecule has 3 rings (SSSR count). The predicted molar refractivity (Wildman–Crippen MR) is 106 cm³/mol. The van der Waals surface area contributed by atoms with Crippen LogP contribution in [0.5, 0.6) is 0 Å². The average Bonchev–Trinajstić information content (AvgIpc) is 2.57. The molecule has 0 bridgehead atoms. The molecule has 1 atom stereocenters. The second-order valence-corrected chi connectivity index (χ2v) is 8.63. The number of nitrogens with two attached hydrogens (primary N) is 1. The largest absolute Gasteiger partial charge is 0.441 e. The molecule has 0 aromatic heterocycles. The van der Waals surface area contributed by atoms with E-state index in [-0.39, 0.29) is 11.2 Å². The highest BCUT2D eigenvalue weighted by Gasteiger charge is 2.39. The fraction of sp³-hybridized carbons (Fsp3) is 0.435. The molecule has 0 saturated carbocycles. The van der Waals surface area contributed by atoms with E-state index in [4.69, 9.17) is 10.5 Å². The van der Waals surface area contributed by atoms with Crippen molar-refractivity contribution in [2.45, 2.75) is 53.1 Å². The number of aryl methyl sites for hydroxylation is 1. The van der Waals surface area contributed by atoms with Crippen LogP contribution in [-0.4, -0.2) is 6.09 Å². The second kappa shape index (κ2) is 7.34. The number of amides is 1. The second-order valence-electron chi connectivity index (χ2n) is 8.63. The molecule has 2 N–H and O–H groups in total. The molecule has 0 aliphatic heterocycles. The van der Waals surface area contributed by atoms with Gasteiger partial charge >= 0.3 is 6.09 Å². The minimum atomic E-state index is -0.828. The van der Waals surface area contributed by atoms with E-state index in [0.717, 1.165) is 36.0 Å². The molecule has 144 valence electrons. The molecule has 2 aromatic carbocycles. The summed E-state index contributed by atoms with van der Waals surface area (Å²) in [5.41, 5.74) is 9.41. The Hall–Kier alpha value is -2.36. The molecule has 1 aliphatic carbocycles. The first kappa shape index (κ1) is 19.4. The molecule has 1 aliphatic rings. The lowest BCUT2D eigenvalue weighted by molar-refractivity contribution is 0.0145. The lowest BCUT2D eigenvalue weighted by atomic mass is 9.71. The van der Waals surface area contributed by atoms with Gasteiger partial charge in [-0.2, -0.15) is 0 Å². The van der Waals surface area contributed by atoms with Gasteiger partial charge in [-0.1, -0.05) is 52.0 Å². The van der Waals surface area contributed by atoms with Crippen LogP contribution in [-0.2, 0) is 17.6 Å². The van der Waals surface area contributed by atoms with E-state index in [0.29, 0.717) is 11.5 Å². The SMILES string of the molecule is CC(C)Cc1ccc(-c2cc3c(cc2F)[C@H](OC(N)=O)C(C)(C)CC3)cc1. The summed E-state index contributed by atoms with van der Waals surface area (Å²) >= 11 is 0. The number of ether oxygens (including phenoxy) is 1. The summed E-state index contributed by atoms with van der Waals surface area (Å²) in [6, 6.07) is 11.5. The number of rotatable bonds is 4. The van der Waals surface area contributed by atoms with Gasteiger partial charge in [-0.3, -0.25) is 0 Å². The highest BCUT2D eigenvalue weighted by molar-refractivity contribution is 5.68. The Labute approximate surface area is 160 Å². The molecule has 0 unspecified atom stereocenters. The molecule has 0 heterocycles. The van der Waals surface area contributed by atoms with Gasteiger partial charge in [0.05, 0.1) is 0 Å². The Balaban J connectivity index is 1.98. The number of primary amides is 1. The first-order valence-electron chi connectivity index (χ1n) is 9.55. The van der Waals surface area contributed by atoms with Gasteiger partial charge in [-0.05, 0) is 59.6 Å². The van der Waals surface area contributed by atoms with E-state index in [1.54, 1.807) is 0 Å². The van der Waals surface area contributed by atoms with Crippen LogP contribution in [0.15, 0.2) is 36.4 Å². The maximum absolute atomic E-state index is 15.0. The van der Waals surface area contributed by atoms with E-state index in [9.17, 15) is 9.18 Å². The highest BCUT2D eigenvalue weighted by atomic mass is 19.1. The quantitative estimate of drug-likeness (QED) is 0.740. The van der Waals surface area contributed by atoms with Crippen molar-refractivity contribution in [3.63, 3.8) is 0 Å². The van der Waals surface area contributed by atoms with Crippen molar-refractivity contribution in [2.24, 2.45) is 17.1 Å². The van der Waals surface area contributed by atoms with Crippen LogP contribution in [0, 0.1) is 17.2 Å². The fourth-order valence-electron chi connectivity index (χ4n) is 3.96. The topological polar surface area (TPSA) is 52.3 Å². The maximum Gasteiger partial charge on any atom is 0.405 e. The summed E-state index contributed by atoms with van der Waals surface area (Å²) in [5.74, 6) is 0.281. The van der Waals surface area contributed by atoms with Crippen LogP contribution in [0.2, 0.25) is 0 Å². The maximum atomic E-state index is 15.0. The number of halogens is 1. The van der Waals surface area contributed by atoms with E-state index in [2.05, 4.69) is 26.0 Å².